The lowest BCUT2D eigenvalue weighted by Gasteiger charge is -2.50. The molecule has 28 heavy (non-hydrogen) atoms. The SMILES string of the molecule is CC(C)(C)OC(=O)N[N+](C)(C)C1CN(C(c2ccccc2)c2ccccc2)C1. The van der Waals surface area contributed by atoms with Gasteiger partial charge in [0, 0.05) is 0 Å². The number of carbonyl (C=O) groups is 1. The molecule has 2 aromatic carbocycles. The van der Waals surface area contributed by atoms with Crippen molar-refractivity contribution in [2.24, 2.45) is 0 Å². The zero-order valence-corrected chi connectivity index (χ0v) is 17.6. The normalized spacial score (nSPS) is 15.9. The van der Waals surface area contributed by atoms with Gasteiger partial charge < -0.3 is 4.74 Å². The Hall–Kier alpha value is -2.37. The van der Waals surface area contributed by atoms with E-state index < -0.39 is 5.60 Å². The highest BCUT2D eigenvalue weighted by Crippen LogP contribution is 2.34. The van der Waals surface area contributed by atoms with Crippen LogP contribution in [0.15, 0.2) is 60.7 Å². The van der Waals surface area contributed by atoms with Gasteiger partial charge >= 0.3 is 6.09 Å². The standard InChI is InChI=1S/C23H31N3O2/c1-23(2,3)28-22(27)24-26(4,5)20-16-25(17-20)21(18-12-8-6-9-13-18)19-14-10-7-11-15-19/h6-15,20-21H,16-17H2,1-5H3/p+1. The Morgan fingerprint density at radius 1 is 1.00 bits per heavy atom. The van der Waals surface area contributed by atoms with Crippen molar-refractivity contribution in [1.82, 2.24) is 10.3 Å². The Morgan fingerprint density at radius 3 is 1.89 bits per heavy atom. The summed E-state index contributed by atoms with van der Waals surface area (Å²) in [6, 6.07) is 21.7. The van der Waals surface area contributed by atoms with E-state index in [-0.39, 0.29) is 12.1 Å². The molecule has 0 bridgehead atoms. The fraction of sp³-hybridized carbons (Fsp3) is 0.435. The molecule has 0 saturated carbocycles. The molecule has 1 fully saturated rings. The summed E-state index contributed by atoms with van der Waals surface area (Å²) >= 11 is 0. The number of amides is 1. The summed E-state index contributed by atoms with van der Waals surface area (Å²) < 4.78 is 5.83. The molecule has 5 heteroatoms. The summed E-state index contributed by atoms with van der Waals surface area (Å²) in [6.07, 6.45) is -0.376. The molecule has 1 heterocycles. The number of ether oxygens (including phenoxy) is 1. The minimum atomic E-state index is -0.499. The van der Waals surface area contributed by atoms with Crippen LogP contribution < -0.4 is 5.43 Å². The lowest BCUT2D eigenvalue weighted by atomic mass is 9.92. The third-order valence-corrected chi connectivity index (χ3v) is 5.18. The lowest BCUT2D eigenvalue weighted by molar-refractivity contribution is -0.954. The Labute approximate surface area is 168 Å². The van der Waals surface area contributed by atoms with E-state index in [1.54, 1.807) is 0 Å². The summed E-state index contributed by atoms with van der Waals surface area (Å²) in [5.41, 5.74) is 5.08. The molecular weight excluding hydrogens is 350 g/mol. The van der Waals surface area contributed by atoms with Crippen molar-refractivity contribution in [3.8, 4) is 0 Å². The Bertz CT molecular complexity index is 739. The van der Waals surface area contributed by atoms with E-state index in [1.165, 1.54) is 11.1 Å². The van der Waals surface area contributed by atoms with E-state index >= 15 is 0 Å². The van der Waals surface area contributed by atoms with Gasteiger partial charge in [-0.2, -0.15) is 5.43 Å². The number of likely N-dealkylation sites (tertiary alicyclic amines) is 1. The van der Waals surface area contributed by atoms with E-state index in [0.717, 1.165) is 13.1 Å². The van der Waals surface area contributed by atoms with Gasteiger partial charge in [-0.25, -0.2) is 9.39 Å². The lowest BCUT2D eigenvalue weighted by Crippen LogP contribution is -2.71. The van der Waals surface area contributed by atoms with Crippen molar-refractivity contribution in [3.63, 3.8) is 0 Å². The smallest absolute Gasteiger partial charge is 0.441 e. The van der Waals surface area contributed by atoms with Crippen LogP contribution in [0.1, 0.15) is 37.9 Å². The molecule has 2 aromatic rings. The summed E-state index contributed by atoms with van der Waals surface area (Å²) in [7, 11) is 4.04. The predicted octanol–water partition coefficient (Wildman–Crippen LogP) is 3.98. The molecule has 3 rings (SSSR count). The maximum absolute atomic E-state index is 12.2. The van der Waals surface area contributed by atoms with Crippen molar-refractivity contribution in [2.45, 2.75) is 38.5 Å². The molecular formula is C23H32N3O2+. The molecule has 0 atom stereocenters. The topological polar surface area (TPSA) is 41.6 Å². The first-order valence-electron chi connectivity index (χ1n) is 9.84. The highest BCUT2D eigenvalue weighted by molar-refractivity contribution is 5.66. The fourth-order valence-electron chi connectivity index (χ4n) is 3.62. The summed E-state index contributed by atoms with van der Waals surface area (Å²) in [5.74, 6) is 0. The van der Waals surface area contributed by atoms with Gasteiger partial charge in [0.05, 0.1) is 33.2 Å². The molecule has 0 aromatic heterocycles. The Balaban J connectivity index is 1.69. The Morgan fingerprint density at radius 2 is 1.46 bits per heavy atom. The van der Waals surface area contributed by atoms with Gasteiger partial charge in [0.15, 0.2) is 0 Å². The van der Waals surface area contributed by atoms with E-state index in [2.05, 4.69) is 71.0 Å². The van der Waals surface area contributed by atoms with Crippen LogP contribution in [0, 0.1) is 0 Å². The first-order valence-corrected chi connectivity index (χ1v) is 9.84. The van der Waals surface area contributed by atoms with Gasteiger partial charge in [-0.3, -0.25) is 4.90 Å². The van der Waals surface area contributed by atoms with E-state index in [1.807, 2.05) is 34.9 Å². The molecule has 1 saturated heterocycles. The van der Waals surface area contributed by atoms with Crippen LogP contribution >= 0.6 is 0 Å². The second-order valence-corrected chi connectivity index (χ2v) is 8.99. The van der Waals surface area contributed by atoms with Crippen LogP contribution in [0.2, 0.25) is 0 Å². The third kappa shape index (κ3) is 4.91. The zero-order chi connectivity index (χ0) is 20.4. The molecule has 1 aliphatic heterocycles. The van der Waals surface area contributed by atoms with E-state index in [0.29, 0.717) is 10.6 Å². The number of hydrogen-bond acceptors (Lipinski definition) is 3. The van der Waals surface area contributed by atoms with Gasteiger partial charge in [-0.05, 0) is 31.9 Å². The molecule has 1 amide bonds. The largest absolute Gasteiger partial charge is 0.452 e. The molecule has 0 spiro atoms. The monoisotopic (exact) mass is 382 g/mol. The Kier molecular flexibility index (Phi) is 5.77. The van der Waals surface area contributed by atoms with Crippen molar-refractivity contribution < 1.29 is 14.1 Å². The number of quaternary nitrogens is 1. The average molecular weight is 383 g/mol. The highest BCUT2D eigenvalue weighted by Gasteiger charge is 2.44. The van der Waals surface area contributed by atoms with Crippen molar-refractivity contribution in [2.75, 3.05) is 27.2 Å². The number of likely N-dealkylation sites (N-methyl/N-ethyl adjacent to an activating group) is 1. The minimum Gasteiger partial charge on any atom is -0.441 e. The number of benzene rings is 2. The number of carbonyl (C=O) groups excluding carboxylic acids is 1. The van der Waals surface area contributed by atoms with Crippen molar-refractivity contribution in [1.29, 1.82) is 0 Å². The van der Waals surface area contributed by atoms with Crippen LogP contribution in [0.3, 0.4) is 0 Å². The first kappa shape index (κ1) is 20.4. The number of nitrogens with zero attached hydrogens (tertiary/aromatic N) is 2. The molecule has 1 N–H and O–H groups in total. The summed E-state index contributed by atoms with van der Waals surface area (Å²) in [4.78, 5) is 14.7. The molecule has 0 aliphatic carbocycles. The molecule has 0 unspecified atom stereocenters. The first-order chi connectivity index (χ1) is 13.2. The van der Waals surface area contributed by atoms with Crippen LogP contribution in [0.25, 0.3) is 0 Å². The number of nitrogens with one attached hydrogen (secondary N) is 1. The molecule has 5 nitrogen and oxygen atoms in total. The summed E-state index contributed by atoms with van der Waals surface area (Å²) in [6.45, 7) is 7.43. The second kappa shape index (κ2) is 7.94. The van der Waals surface area contributed by atoms with E-state index in [9.17, 15) is 4.79 Å². The van der Waals surface area contributed by atoms with Crippen LogP contribution in [-0.2, 0) is 4.74 Å². The fourth-order valence-corrected chi connectivity index (χ4v) is 3.62. The third-order valence-electron chi connectivity index (χ3n) is 5.18. The average Bonchev–Trinajstić information content (AvgIpc) is 2.56. The summed E-state index contributed by atoms with van der Waals surface area (Å²) in [5, 5.41) is 0. The molecule has 0 radical (unpaired) electrons. The van der Waals surface area contributed by atoms with Gasteiger partial charge in [0.25, 0.3) is 0 Å². The zero-order valence-electron chi connectivity index (χ0n) is 17.6. The predicted molar refractivity (Wildman–Crippen MR) is 112 cm³/mol. The quantitative estimate of drug-likeness (QED) is 0.628. The minimum absolute atomic E-state index is 0.222. The maximum atomic E-state index is 12.2. The van der Waals surface area contributed by atoms with Crippen LogP contribution in [-0.4, -0.2) is 54.4 Å². The van der Waals surface area contributed by atoms with Gasteiger partial charge in [0.2, 0.25) is 0 Å². The van der Waals surface area contributed by atoms with Gasteiger partial charge in [0.1, 0.15) is 11.6 Å². The highest BCUT2D eigenvalue weighted by atomic mass is 16.6. The van der Waals surface area contributed by atoms with Gasteiger partial charge in [-0.1, -0.05) is 60.7 Å². The van der Waals surface area contributed by atoms with Crippen molar-refractivity contribution >= 4 is 6.09 Å². The van der Waals surface area contributed by atoms with Gasteiger partial charge in [-0.15, -0.1) is 0 Å². The van der Waals surface area contributed by atoms with Crippen LogP contribution in [0.5, 0.6) is 0 Å². The van der Waals surface area contributed by atoms with Crippen molar-refractivity contribution in [3.05, 3.63) is 71.8 Å². The molecule has 150 valence electrons. The van der Waals surface area contributed by atoms with Crippen LogP contribution in [0.4, 0.5) is 4.79 Å². The maximum Gasteiger partial charge on any atom is 0.452 e. The van der Waals surface area contributed by atoms with E-state index in [4.69, 9.17) is 4.74 Å². The number of hydrogen-bond donors (Lipinski definition) is 1. The second-order valence-electron chi connectivity index (χ2n) is 8.99. The number of rotatable bonds is 5. The molecule has 1 aliphatic rings.